The SMILES string of the molecule is CCOC(=O)C1=C(CSc2nc3ccccc3n2CCOC)NC(=O)NC1c1ccc(OC)cc1. The van der Waals surface area contributed by atoms with Crippen LogP contribution in [0.1, 0.15) is 18.5 Å². The molecule has 2 aromatic carbocycles. The van der Waals surface area contributed by atoms with Crippen LogP contribution in [0.4, 0.5) is 4.79 Å². The predicted octanol–water partition coefficient (Wildman–Crippen LogP) is 3.65. The minimum atomic E-state index is -0.656. The van der Waals surface area contributed by atoms with E-state index in [1.807, 2.05) is 36.4 Å². The van der Waals surface area contributed by atoms with Crippen molar-refractivity contribution < 1.29 is 23.8 Å². The first-order valence-corrected chi connectivity index (χ1v) is 12.2. The molecule has 0 aliphatic carbocycles. The van der Waals surface area contributed by atoms with Gasteiger partial charge in [-0.15, -0.1) is 0 Å². The molecule has 1 aliphatic heterocycles. The lowest BCUT2D eigenvalue weighted by atomic mass is 9.95. The average molecular weight is 497 g/mol. The summed E-state index contributed by atoms with van der Waals surface area (Å²) in [5.74, 6) is 0.524. The van der Waals surface area contributed by atoms with E-state index in [9.17, 15) is 9.59 Å². The molecule has 35 heavy (non-hydrogen) atoms. The van der Waals surface area contributed by atoms with Crippen LogP contribution in [0.15, 0.2) is 65.0 Å². The number of para-hydroxylation sites is 2. The molecule has 1 aliphatic rings. The van der Waals surface area contributed by atoms with E-state index in [-0.39, 0.29) is 12.6 Å². The van der Waals surface area contributed by atoms with Crippen LogP contribution < -0.4 is 15.4 Å². The van der Waals surface area contributed by atoms with Crippen molar-refractivity contribution >= 4 is 34.8 Å². The van der Waals surface area contributed by atoms with Gasteiger partial charge in [0.15, 0.2) is 5.16 Å². The highest BCUT2D eigenvalue weighted by Gasteiger charge is 2.34. The van der Waals surface area contributed by atoms with Crippen LogP contribution in [0, 0.1) is 0 Å². The van der Waals surface area contributed by atoms with Gasteiger partial charge in [0, 0.05) is 25.1 Å². The van der Waals surface area contributed by atoms with Crippen molar-refractivity contribution in [3.8, 4) is 5.75 Å². The number of nitrogens with zero attached hydrogens (tertiary/aromatic N) is 2. The van der Waals surface area contributed by atoms with E-state index in [0.717, 1.165) is 21.8 Å². The first-order chi connectivity index (χ1) is 17.0. The number of methoxy groups -OCH3 is 2. The van der Waals surface area contributed by atoms with Crippen LogP contribution >= 0.6 is 11.8 Å². The molecule has 2 N–H and O–H groups in total. The number of benzene rings is 2. The second kappa shape index (κ2) is 11.3. The molecule has 1 unspecified atom stereocenters. The highest BCUT2D eigenvalue weighted by molar-refractivity contribution is 7.99. The number of urea groups is 1. The summed E-state index contributed by atoms with van der Waals surface area (Å²) >= 11 is 1.44. The summed E-state index contributed by atoms with van der Waals surface area (Å²) in [7, 11) is 3.24. The first-order valence-electron chi connectivity index (χ1n) is 11.2. The number of esters is 1. The van der Waals surface area contributed by atoms with Gasteiger partial charge in [0.2, 0.25) is 0 Å². The number of fused-ring (bicyclic) bond motifs is 1. The van der Waals surface area contributed by atoms with Gasteiger partial charge in [-0.2, -0.15) is 0 Å². The molecule has 0 spiro atoms. The Kier molecular flexibility index (Phi) is 7.94. The third-order valence-electron chi connectivity index (χ3n) is 5.58. The van der Waals surface area contributed by atoms with Crippen molar-refractivity contribution in [1.82, 2.24) is 20.2 Å². The maximum atomic E-state index is 13.0. The number of imidazole rings is 1. The molecule has 0 radical (unpaired) electrons. The minimum absolute atomic E-state index is 0.221. The molecule has 2 amide bonds. The fourth-order valence-corrected chi connectivity index (χ4v) is 4.94. The van der Waals surface area contributed by atoms with Crippen molar-refractivity contribution in [3.05, 3.63) is 65.4 Å². The fourth-order valence-electron chi connectivity index (χ4n) is 3.93. The van der Waals surface area contributed by atoms with Crippen molar-refractivity contribution in [2.45, 2.75) is 24.7 Å². The average Bonchev–Trinajstić information content (AvgIpc) is 3.23. The molecule has 0 saturated heterocycles. The number of hydrogen-bond donors (Lipinski definition) is 2. The first kappa shape index (κ1) is 24.6. The van der Waals surface area contributed by atoms with E-state index in [1.54, 1.807) is 33.3 Å². The molecular weight excluding hydrogens is 468 g/mol. The van der Waals surface area contributed by atoms with E-state index in [2.05, 4.69) is 15.2 Å². The Morgan fingerprint density at radius 3 is 2.63 bits per heavy atom. The predicted molar refractivity (Wildman–Crippen MR) is 133 cm³/mol. The summed E-state index contributed by atoms with van der Waals surface area (Å²) in [4.78, 5) is 30.4. The lowest BCUT2D eigenvalue weighted by Crippen LogP contribution is -2.46. The molecule has 10 heteroatoms. The molecule has 4 rings (SSSR count). The molecule has 1 aromatic heterocycles. The van der Waals surface area contributed by atoms with Gasteiger partial charge in [-0.05, 0) is 36.8 Å². The van der Waals surface area contributed by atoms with Gasteiger partial charge in [-0.3, -0.25) is 0 Å². The number of aromatic nitrogens is 2. The van der Waals surface area contributed by atoms with Gasteiger partial charge in [0.25, 0.3) is 0 Å². The Balaban J connectivity index is 1.69. The molecule has 3 aromatic rings. The number of rotatable bonds is 10. The summed E-state index contributed by atoms with van der Waals surface area (Å²) in [5.41, 5.74) is 3.47. The van der Waals surface area contributed by atoms with E-state index < -0.39 is 12.0 Å². The van der Waals surface area contributed by atoms with Gasteiger partial charge in [-0.1, -0.05) is 36.0 Å². The van der Waals surface area contributed by atoms with Crippen molar-refractivity contribution in [3.63, 3.8) is 0 Å². The highest BCUT2D eigenvalue weighted by Crippen LogP contribution is 2.32. The van der Waals surface area contributed by atoms with Gasteiger partial charge in [0.1, 0.15) is 5.75 Å². The van der Waals surface area contributed by atoms with Crippen LogP contribution in [0.3, 0.4) is 0 Å². The second-order valence-corrected chi connectivity index (χ2v) is 8.68. The minimum Gasteiger partial charge on any atom is -0.497 e. The van der Waals surface area contributed by atoms with Crippen LogP contribution in [-0.4, -0.2) is 54.7 Å². The third kappa shape index (κ3) is 5.44. The maximum absolute atomic E-state index is 13.0. The molecule has 1 atom stereocenters. The quantitative estimate of drug-likeness (QED) is 0.326. The molecule has 0 saturated carbocycles. The molecule has 2 heterocycles. The zero-order valence-corrected chi connectivity index (χ0v) is 20.7. The summed E-state index contributed by atoms with van der Waals surface area (Å²) in [5, 5.41) is 6.44. The highest BCUT2D eigenvalue weighted by atomic mass is 32.2. The zero-order chi connectivity index (χ0) is 24.8. The largest absolute Gasteiger partial charge is 0.497 e. The molecule has 184 valence electrons. The number of carbonyl (C=O) groups is 2. The lowest BCUT2D eigenvalue weighted by molar-refractivity contribution is -0.139. The van der Waals surface area contributed by atoms with Crippen molar-refractivity contribution in [1.29, 1.82) is 0 Å². The Morgan fingerprint density at radius 1 is 1.14 bits per heavy atom. The number of thioether (sulfide) groups is 1. The number of carbonyl (C=O) groups excluding carboxylic acids is 2. The summed E-state index contributed by atoms with van der Waals surface area (Å²) < 4.78 is 18.0. The Bertz CT molecular complexity index is 1240. The van der Waals surface area contributed by atoms with Crippen LogP contribution in [0.25, 0.3) is 11.0 Å². The molecular formula is C25H28N4O5S. The fraction of sp³-hybridized carbons (Fsp3) is 0.320. The molecule has 9 nitrogen and oxygen atoms in total. The van der Waals surface area contributed by atoms with E-state index >= 15 is 0 Å². The molecule has 0 fully saturated rings. The number of nitrogens with one attached hydrogen (secondary N) is 2. The summed E-state index contributed by atoms with van der Waals surface area (Å²) in [6.07, 6.45) is 0. The van der Waals surface area contributed by atoms with Crippen LogP contribution in [0.5, 0.6) is 5.75 Å². The smallest absolute Gasteiger partial charge is 0.338 e. The zero-order valence-electron chi connectivity index (χ0n) is 19.9. The van der Waals surface area contributed by atoms with Crippen molar-refractivity contribution in [2.75, 3.05) is 33.2 Å². The lowest BCUT2D eigenvalue weighted by Gasteiger charge is -2.29. The van der Waals surface area contributed by atoms with Gasteiger partial charge in [0.05, 0.1) is 43.0 Å². The summed E-state index contributed by atoms with van der Waals surface area (Å²) in [6.45, 7) is 3.14. The van der Waals surface area contributed by atoms with Gasteiger partial charge in [-0.25, -0.2) is 14.6 Å². The maximum Gasteiger partial charge on any atom is 0.338 e. The van der Waals surface area contributed by atoms with E-state index in [1.165, 1.54) is 11.8 Å². The Hall–Kier alpha value is -3.50. The second-order valence-electron chi connectivity index (χ2n) is 7.73. The van der Waals surface area contributed by atoms with Gasteiger partial charge >= 0.3 is 12.0 Å². The standard InChI is InChI=1S/C25H28N4O5S/c1-4-34-23(30)21-19(26-24(31)28-22(21)16-9-11-17(33-3)12-10-16)15-35-25-27-18-7-5-6-8-20(18)29(25)13-14-32-2/h5-12,22H,4,13-15H2,1-3H3,(H2,26,28,31). The summed E-state index contributed by atoms with van der Waals surface area (Å²) in [6, 6.07) is 14.1. The van der Waals surface area contributed by atoms with Crippen molar-refractivity contribution in [2.24, 2.45) is 0 Å². The van der Waals surface area contributed by atoms with Crippen LogP contribution in [-0.2, 0) is 20.8 Å². The number of ether oxygens (including phenoxy) is 3. The topological polar surface area (TPSA) is 104 Å². The normalized spacial score (nSPS) is 15.6. The number of amides is 2. The van der Waals surface area contributed by atoms with E-state index in [0.29, 0.717) is 35.9 Å². The Labute approximate surface area is 207 Å². The number of hydrogen-bond acceptors (Lipinski definition) is 7. The Morgan fingerprint density at radius 2 is 1.91 bits per heavy atom. The molecule has 0 bridgehead atoms. The van der Waals surface area contributed by atoms with E-state index in [4.69, 9.17) is 19.2 Å². The third-order valence-corrected chi connectivity index (χ3v) is 6.59. The van der Waals surface area contributed by atoms with Gasteiger partial charge < -0.3 is 29.4 Å². The monoisotopic (exact) mass is 496 g/mol. The van der Waals surface area contributed by atoms with Crippen LogP contribution in [0.2, 0.25) is 0 Å².